The minimum atomic E-state index is -0.0727. The summed E-state index contributed by atoms with van der Waals surface area (Å²) in [5, 5.41) is 0.834. The zero-order valence-electron chi connectivity index (χ0n) is 10.4. The molecule has 0 aliphatic carbocycles. The van der Waals surface area contributed by atoms with Crippen molar-refractivity contribution in [3.05, 3.63) is 35.3 Å². The molecule has 2 nitrogen and oxygen atoms in total. The van der Waals surface area contributed by atoms with Crippen LogP contribution >= 0.6 is 0 Å². The van der Waals surface area contributed by atoms with Gasteiger partial charge >= 0.3 is 0 Å². The second-order valence-corrected chi connectivity index (χ2v) is 5.57. The fourth-order valence-electron chi connectivity index (χ4n) is 3.66. The highest BCUT2D eigenvalue weighted by Crippen LogP contribution is 2.36. The van der Waals surface area contributed by atoms with Crippen molar-refractivity contribution in [2.45, 2.75) is 25.2 Å². The number of hydrogen-bond donors (Lipinski definition) is 1. The molecule has 2 aromatic rings. The van der Waals surface area contributed by atoms with Crippen LogP contribution in [0, 0.1) is 5.82 Å². The van der Waals surface area contributed by atoms with E-state index < -0.39 is 0 Å². The topological polar surface area (TPSA) is 19.0 Å². The van der Waals surface area contributed by atoms with Gasteiger partial charge in [0.15, 0.2) is 0 Å². The van der Waals surface area contributed by atoms with Gasteiger partial charge in [0.05, 0.1) is 0 Å². The van der Waals surface area contributed by atoms with Gasteiger partial charge in [0.2, 0.25) is 0 Å². The number of aromatic nitrogens is 1. The molecule has 0 amide bonds. The number of halogens is 1. The van der Waals surface area contributed by atoms with Crippen molar-refractivity contribution in [2.75, 3.05) is 19.6 Å². The van der Waals surface area contributed by atoms with Crippen LogP contribution < -0.4 is 0 Å². The number of nitrogens with one attached hydrogen (secondary N) is 1. The largest absolute Gasteiger partial charge is 0.358 e. The first-order valence-electron chi connectivity index (χ1n) is 6.84. The third kappa shape index (κ3) is 1.43. The second-order valence-electron chi connectivity index (χ2n) is 5.57. The van der Waals surface area contributed by atoms with Crippen LogP contribution in [-0.4, -0.2) is 29.5 Å². The maximum Gasteiger partial charge on any atom is 0.132 e. The third-order valence-electron chi connectivity index (χ3n) is 4.50. The molecule has 1 aromatic heterocycles. The van der Waals surface area contributed by atoms with E-state index in [0.29, 0.717) is 5.92 Å². The number of benzene rings is 1. The third-order valence-corrected chi connectivity index (χ3v) is 4.50. The van der Waals surface area contributed by atoms with Gasteiger partial charge in [0.25, 0.3) is 0 Å². The minimum Gasteiger partial charge on any atom is -0.358 e. The van der Waals surface area contributed by atoms with Crippen molar-refractivity contribution in [1.29, 1.82) is 0 Å². The number of nitrogens with zero attached hydrogens (tertiary/aromatic N) is 1. The van der Waals surface area contributed by atoms with Crippen LogP contribution in [-0.2, 0) is 6.42 Å². The molecule has 0 radical (unpaired) electrons. The number of H-pyrrole nitrogens is 1. The number of rotatable bonds is 0. The summed E-state index contributed by atoms with van der Waals surface area (Å²) in [5.74, 6) is 0.500. The van der Waals surface area contributed by atoms with E-state index in [1.165, 1.54) is 30.6 Å². The molecule has 94 valence electrons. The SMILES string of the molecule is Fc1cccc2[nH]c3c(c12)CCN1CCCC3C1. The smallest absolute Gasteiger partial charge is 0.132 e. The Morgan fingerprint density at radius 3 is 3.17 bits per heavy atom. The molecule has 3 heterocycles. The van der Waals surface area contributed by atoms with Gasteiger partial charge in [-0.25, -0.2) is 4.39 Å². The van der Waals surface area contributed by atoms with Crippen LogP contribution in [0.25, 0.3) is 10.9 Å². The lowest BCUT2D eigenvalue weighted by Crippen LogP contribution is -2.33. The summed E-state index contributed by atoms with van der Waals surface area (Å²) in [6, 6.07) is 5.36. The molecule has 2 bridgehead atoms. The quantitative estimate of drug-likeness (QED) is 0.754. The standard InChI is InChI=1S/C15H17FN2/c16-12-4-1-5-13-14(12)11-6-8-18-7-2-3-10(9-18)15(11)17-13/h1,4-5,10,17H,2-3,6-9H2. The Bertz CT molecular complexity index is 602. The molecule has 3 heteroatoms. The molecule has 1 aromatic carbocycles. The molecular formula is C15H17FN2. The van der Waals surface area contributed by atoms with Gasteiger partial charge in [-0.1, -0.05) is 6.07 Å². The van der Waals surface area contributed by atoms with E-state index in [0.717, 1.165) is 30.4 Å². The molecule has 4 rings (SSSR count). The molecule has 2 atom stereocenters. The highest BCUT2D eigenvalue weighted by Gasteiger charge is 2.29. The molecule has 0 saturated carbocycles. The number of piperidine rings is 1. The van der Waals surface area contributed by atoms with Crippen molar-refractivity contribution in [2.24, 2.45) is 0 Å². The zero-order valence-corrected chi connectivity index (χ0v) is 10.4. The van der Waals surface area contributed by atoms with Crippen LogP contribution in [0.15, 0.2) is 18.2 Å². The van der Waals surface area contributed by atoms with Gasteiger partial charge in [0.1, 0.15) is 5.82 Å². The fraction of sp³-hybridized carbons (Fsp3) is 0.467. The monoisotopic (exact) mass is 244 g/mol. The van der Waals surface area contributed by atoms with Gasteiger partial charge in [-0.05, 0) is 43.5 Å². The highest BCUT2D eigenvalue weighted by atomic mass is 19.1. The molecule has 1 saturated heterocycles. The van der Waals surface area contributed by atoms with Crippen LogP contribution in [0.3, 0.4) is 0 Å². The number of fused-ring (bicyclic) bond motifs is 6. The average Bonchev–Trinajstić information content (AvgIpc) is 2.72. The van der Waals surface area contributed by atoms with E-state index >= 15 is 0 Å². The van der Waals surface area contributed by atoms with Gasteiger partial charge in [-0.2, -0.15) is 0 Å². The van der Waals surface area contributed by atoms with E-state index in [4.69, 9.17) is 0 Å². The predicted molar refractivity (Wildman–Crippen MR) is 70.4 cm³/mol. The molecule has 18 heavy (non-hydrogen) atoms. The Morgan fingerprint density at radius 2 is 2.22 bits per heavy atom. The number of aromatic amines is 1. The Morgan fingerprint density at radius 1 is 1.28 bits per heavy atom. The molecule has 0 spiro atoms. The van der Waals surface area contributed by atoms with Crippen LogP contribution in [0.4, 0.5) is 4.39 Å². The van der Waals surface area contributed by atoms with Gasteiger partial charge in [-0.3, -0.25) is 0 Å². The van der Waals surface area contributed by atoms with E-state index in [1.54, 1.807) is 12.1 Å². The summed E-state index contributed by atoms with van der Waals surface area (Å²) < 4.78 is 14.1. The van der Waals surface area contributed by atoms with E-state index in [1.807, 2.05) is 6.07 Å². The molecule has 2 aliphatic heterocycles. The first-order valence-corrected chi connectivity index (χ1v) is 6.84. The number of hydrogen-bond acceptors (Lipinski definition) is 1. The zero-order chi connectivity index (χ0) is 12.1. The first kappa shape index (κ1) is 10.6. The predicted octanol–water partition coefficient (Wildman–Crippen LogP) is 3.04. The van der Waals surface area contributed by atoms with Crippen LogP contribution in [0.1, 0.15) is 30.0 Å². The van der Waals surface area contributed by atoms with Gasteiger partial charge in [0, 0.05) is 35.6 Å². The van der Waals surface area contributed by atoms with E-state index in [9.17, 15) is 4.39 Å². The molecule has 1 N–H and O–H groups in total. The van der Waals surface area contributed by atoms with Crippen molar-refractivity contribution in [3.8, 4) is 0 Å². The second kappa shape index (κ2) is 3.82. The summed E-state index contributed by atoms with van der Waals surface area (Å²) in [6.45, 7) is 3.42. The van der Waals surface area contributed by atoms with Crippen molar-refractivity contribution in [1.82, 2.24) is 9.88 Å². The summed E-state index contributed by atoms with van der Waals surface area (Å²) in [6.07, 6.45) is 3.48. The summed E-state index contributed by atoms with van der Waals surface area (Å²) in [7, 11) is 0. The molecule has 2 unspecified atom stereocenters. The Kier molecular flexibility index (Phi) is 2.24. The maximum atomic E-state index is 14.1. The highest BCUT2D eigenvalue weighted by molar-refractivity contribution is 5.85. The molecule has 2 aliphatic rings. The average molecular weight is 244 g/mol. The van der Waals surface area contributed by atoms with Crippen LogP contribution in [0.2, 0.25) is 0 Å². The summed E-state index contributed by atoms with van der Waals surface area (Å²) in [4.78, 5) is 6.01. The minimum absolute atomic E-state index is 0.0727. The Balaban J connectivity index is 1.95. The first-order chi connectivity index (χ1) is 8.83. The normalized spacial score (nSPS) is 26.9. The summed E-state index contributed by atoms with van der Waals surface area (Å²) >= 11 is 0. The van der Waals surface area contributed by atoms with Gasteiger partial charge in [-0.15, -0.1) is 0 Å². The lowest BCUT2D eigenvalue weighted by Gasteiger charge is -2.29. The lowest BCUT2D eigenvalue weighted by molar-refractivity contribution is 0.217. The van der Waals surface area contributed by atoms with Crippen molar-refractivity contribution in [3.63, 3.8) is 0 Å². The van der Waals surface area contributed by atoms with Crippen molar-refractivity contribution < 1.29 is 4.39 Å². The Hall–Kier alpha value is -1.35. The fourth-order valence-corrected chi connectivity index (χ4v) is 3.66. The van der Waals surface area contributed by atoms with E-state index in [-0.39, 0.29) is 5.82 Å². The Labute approximate surface area is 106 Å². The molecule has 1 fully saturated rings. The van der Waals surface area contributed by atoms with Crippen LogP contribution in [0.5, 0.6) is 0 Å². The van der Waals surface area contributed by atoms with E-state index in [2.05, 4.69) is 9.88 Å². The molecular weight excluding hydrogens is 227 g/mol. The lowest BCUT2D eigenvalue weighted by atomic mass is 9.93. The summed E-state index contributed by atoms with van der Waals surface area (Å²) in [5.41, 5.74) is 3.51. The van der Waals surface area contributed by atoms with Gasteiger partial charge < -0.3 is 9.88 Å². The maximum absolute atomic E-state index is 14.1. The van der Waals surface area contributed by atoms with Crippen molar-refractivity contribution >= 4 is 10.9 Å².